The fourth-order valence-corrected chi connectivity index (χ4v) is 2.63. The van der Waals surface area contributed by atoms with Crippen LogP contribution in [0.1, 0.15) is 43.7 Å². The SMILES string of the molecule is Cc1cc(C#N)ccc1NC1CCCCC1C. The Hall–Kier alpha value is -1.49. The van der Waals surface area contributed by atoms with Crippen LogP contribution in [0.2, 0.25) is 0 Å². The summed E-state index contributed by atoms with van der Waals surface area (Å²) in [6, 6.07) is 8.66. The highest BCUT2D eigenvalue weighted by molar-refractivity contribution is 5.54. The Morgan fingerprint density at radius 1 is 1.29 bits per heavy atom. The molecule has 1 aliphatic rings. The van der Waals surface area contributed by atoms with Gasteiger partial charge in [0.15, 0.2) is 0 Å². The van der Waals surface area contributed by atoms with Crippen molar-refractivity contribution in [1.29, 1.82) is 5.26 Å². The molecule has 0 saturated heterocycles. The van der Waals surface area contributed by atoms with E-state index in [0.29, 0.717) is 6.04 Å². The molecule has 1 saturated carbocycles. The topological polar surface area (TPSA) is 35.8 Å². The average Bonchev–Trinajstić information content (AvgIpc) is 2.34. The monoisotopic (exact) mass is 228 g/mol. The maximum atomic E-state index is 8.85. The minimum Gasteiger partial charge on any atom is -0.382 e. The number of nitriles is 1. The molecular formula is C15H20N2. The largest absolute Gasteiger partial charge is 0.382 e. The highest BCUT2D eigenvalue weighted by Crippen LogP contribution is 2.28. The molecule has 0 amide bonds. The minimum absolute atomic E-state index is 0.593. The van der Waals surface area contributed by atoms with Gasteiger partial charge in [0, 0.05) is 11.7 Å². The van der Waals surface area contributed by atoms with E-state index in [4.69, 9.17) is 5.26 Å². The zero-order valence-corrected chi connectivity index (χ0v) is 10.7. The fraction of sp³-hybridized carbons (Fsp3) is 0.533. The van der Waals surface area contributed by atoms with E-state index in [0.717, 1.165) is 11.5 Å². The molecule has 0 bridgehead atoms. The highest BCUT2D eigenvalue weighted by atomic mass is 14.9. The predicted molar refractivity (Wildman–Crippen MR) is 70.9 cm³/mol. The molecule has 0 radical (unpaired) electrons. The summed E-state index contributed by atoms with van der Waals surface area (Å²) in [5, 5.41) is 12.5. The lowest BCUT2D eigenvalue weighted by atomic mass is 9.85. The first-order valence-corrected chi connectivity index (χ1v) is 6.48. The Balaban J connectivity index is 2.10. The van der Waals surface area contributed by atoms with Crippen molar-refractivity contribution in [3.05, 3.63) is 29.3 Å². The summed E-state index contributed by atoms with van der Waals surface area (Å²) >= 11 is 0. The Kier molecular flexibility index (Phi) is 3.68. The van der Waals surface area contributed by atoms with Gasteiger partial charge in [0.05, 0.1) is 11.6 Å². The van der Waals surface area contributed by atoms with Crippen molar-refractivity contribution in [1.82, 2.24) is 0 Å². The highest BCUT2D eigenvalue weighted by Gasteiger charge is 2.21. The maximum Gasteiger partial charge on any atom is 0.0991 e. The van der Waals surface area contributed by atoms with Crippen molar-refractivity contribution in [2.75, 3.05) is 5.32 Å². The molecule has 90 valence electrons. The molecule has 17 heavy (non-hydrogen) atoms. The van der Waals surface area contributed by atoms with Crippen molar-refractivity contribution >= 4 is 5.69 Å². The Bertz CT molecular complexity index is 431. The van der Waals surface area contributed by atoms with Crippen LogP contribution in [0, 0.1) is 24.2 Å². The first-order valence-electron chi connectivity index (χ1n) is 6.48. The van der Waals surface area contributed by atoms with E-state index in [2.05, 4.69) is 25.2 Å². The molecule has 2 rings (SSSR count). The predicted octanol–water partition coefficient (Wildman–Crippen LogP) is 3.86. The summed E-state index contributed by atoms with van der Waals surface area (Å²) in [6.07, 6.45) is 5.29. The Labute approximate surface area is 104 Å². The molecule has 1 fully saturated rings. The molecule has 0 aromatic heterocycles. The molecule has 1 aromatic carbocycles. The van der Waals surface area contributed by atoms with E-state index >= 15 is 0 Å². The molecule has 1 aliphatic carbocycles. The van der Waals surface area contributed by atoms with E-state index in [9.17, 15) is 0 Å². The van der Waals surface area contributed by atoms with E-state index in [-0.39, 0.29) is 0 Å². The lowest BCUT2D eigenvalue weighted by Gasteiger charge is -2.31. The van der Waals surface area contributed by atoms with Crippen LogP contribution in [0.5, 0.6) is 0 Å². The van der Waals surface area contributed by atoms with Gasteiger partial charge in [-0.15, -0.1) is 0 Å². The minimum atomic E-state index is 0.593. The Morgan fingerprint density at radius 3 is 2.71 bits per heavy atom. The number of anilines is 1. The molecule has 1 N–H and O–H groups in total. The summed E-state index contributed by atoms with van der Waals surface area (Å²) in [5.74, 6) is 0.749. The van der Waals surface area contributed by atoms with E-state index in [1.807, 2.05) is 18.2 Å². The van der Waals surface area contributed by atoms with Gasteiger partial charge in [0.25, 0.3) is 0 Å². The lowest BCUT2D eigenvalue weighted by Crippen LogP contribution is -2.30. The third-order valence-corrected chi connectivity index (χ3v) is 3.81. The quantitative estimate of drug-likeness (QED) is 0.834. The second-order valence-electron chi connectivity index (χ2n) is 5.15. The molecule has 2 nitrogen and oxygen atoms in total. The van der Waals surface area contributed by atoms with Gasteiger partial charge in [-0.3, -0.25) is 0 Å². The van der Waals surface area contributed by atoms with Gasteiger partial charge in [-0.25, -0.2) is 0 Å². The van der Waals surface area contributed by atoms with Crippen molar-refractivity contribution in [2.24, 2.45) is 5.92 Å². The summed E-state index contributed by atoms with van der Waals surface area (Å²) in [7, 11) is 0. The average molecular weight is 228 g/mol. The summed E-state index contributed by atoms with van der Waals surface area (Å²) in [6.45, 7) is 4.40. The van der Waals surface area contributed by atoms with E-state index < -0.39 is 0 Å². The zero-order valence-electron chi connectivity index (χ0n) is 10.7. The molecule has 2 atom stereocenters. The van der Waals surface area contributed by atoms with Gasteiger partial charge in [0.1, 0.15) is 0 Å². The van der Waals surface area contributed by atoms with Gasteiger partial charge < -0.3 is 5.32 Å². The number of hydrogen-bond acceptors (Lipinski definition) is 2. The van der Waals surface area contributed by atoms with Gasteiger partial charge in [-0.05, 0) is 49.4 Å². The number of aryl methyl sites for hydroxylation is 1. The van der Waals surface area contributed by atoms with Crippen molar-refractivity contribution in [2.45, 2.75) is 45.6 Å². The zero-order chi connectivity index (χ0) is 12.3. The maximum absolute atomic E-state index is 8.85. The standard InChI is InChI=1S/C15H20N2/c1-11-5-3-4-6-14(11)17-15-8-7-13(10-16)9-12(15)2/h7-9,11,14,17H,3-6H2,1-2H3. The van der Waals surface area contributed by atoms with Crippen LogP contribution in [-0.2, 0) is 0 Å². The van der Waals surface area contributed by atoms with Crippen LogP contribution < -0.4 is 5.32 Å². The van der Waals surface area contributed by atoms with E-state index in [1.165, 1.54) is 36.9 Å². The van der Waals surface area contributed by atoms with Crippen LogP contribution in [0.15, 0.2) is 18.2 Å². The number of nitrogens with zero attached hydrogens (tertiary/aromatic N) is 1. The third-order valence-electron chi connectivity index (χ3n) is 3.81. The molecule has 0 heterocycles. The number of benzene rings is 1. The molecule has 0 spiro atoms. The lowest BCUT2D eigenvalue weighted by molar-refractivity contribution is 0.349. The Morgan fingerprint density at radius 2 is 2.06 bits per heavy atom. The van der Waals surface area contributed by atoms with Crippen LogP contribution in [0.4, 0.5) is 5.69 Å². The van der Waals surface area contributed by atoms with Gasteiger partial charge in [0.2, 0.25) is 0 Å². The van der Waals surface area contributed by atoms with Crippen molar-refractivity contribution < 1.29 is 0 Å². The second-order valence-corrected chi connectivity index (χ2v) is 5.15. The molecule has 2 unspecified atom stereocenters. The van der Waals surface area contributed by atoms with Crippen LogP contribution in [-0.4, -0.2) is 6.04 Å². The third kappa shape index (κ3) is 2.79. The van der Waals surface area contributed by atoms with Crippen LogP contribution in [0.25, 0.3) is 0 Å². The fourth-order valence-electron chi connectivity index (χ4n) is 2.63. The normalized spacial score (nSPS) is 24.1. The number of rotatable bonds is 2. The van der Waals surface area contributed by atoms with Crippen molar-refractivity contribution in [3.8, 4) is 6.07 Å². The van der Waals surface area contributed by atoms with Gasteiger partial charge in [-0.1, -0.05) is 19.8 Å². The summed E-state index contributed by atoms with van der Waals surface area (Å²) in [5.41, 5.74) is 3.09. The van der Waals surface area contributed by atoms with Crippen LogP contribution >= 0.6 is 0 Å². The number of nitrogens with one attached hydrogen (secondary N) is 1. The number of hydrogen-bond donors (Lipinski definition) is 1. The van der Waals surface area contributed by atoms with E-state index in [1.54, 1.807) is 0 Å². The summed E-state index contributed by atoms with van der Waals surface area (Å²) in [4.78, 5) is 0. The van der Waals surface area contributed by atoms with Crippen molar-refractivity contribution in [3.63, 3.8) is 0 Å². The van der Waals surface area contributed by atoms with Gasteiger partial charge >= 0.3 is 0 Å². The molecule has 0 aliphatic heterocycles. The first kappa shape index (κ1) is 12.0. The smallest absolute Gasteiger partial charge is 0.0991 e. The first-order chi connectivity index (χ1) is 8.20. The van der Waals surface area contributed by atoms with Crippen LogP contribution in [0.3, 0.4) is 0 Å². The molecule has 2 heteroatoms. The summed E-state index contributed by atoms with van der Waals surface area (Å²) < 4.78 is 0. The molecular weight excluding hydrogens is 208 g/mol. The molecule has 1 aromatic rings. The van der Waals surface area contributed by atoms with Gasteiger partial charge in [-0.2, -0.15) is 5.26 Å². The second kappa shape index (κ2) is 5.23.